The van der Waals surface area contributed by atoms with Gasteiger partial charge in [-0.1, -0.05) is 6.07 Å². The number of carbonyl (C=O) groups is 1. The van der Waals surface area contributed by atoms with Crippen molar-refractivity contribution in [3.63, 3.8) is 0 Å². The third kappa shape index (κ3) is 2.49. The maximum Gasteiger partial charge on any atom is 0.305 e. The average molecular weight is 253 g/mol. The van der Waals surface area contributed by atoms with E-state index in [1.54, 1.807) is 22.7 Å². The van der Waals surface area contributed by atoms with Gasteiger partial charge in [-0.3, -0.25) is 4.79 Å². The molecule has 0 saturated carbocycles. The summed E-state index contributed by atoms with van der Waals surface area (Å²) in [6.07, 6.45) is -0.0234. The fourth-order valence-electron chi connectivity index (χ4n) is 1.39. The topological polar surface area (TPSA) is 63.3 Å². The van der Waals surface area contributed by atoms with Crippen molar-refractivity contribution in [3.8, 4) is 9.75 Å². The molecule has 5 heteroatoms. The minimum Gasteiger partial charge on any atom is -0.481 e. The summed E-state index contributed by atoms with van der Waals surface area (Å²) in [5.41, 5.74) is 5.80. The van der Waals surface area contributed by atoms with Gasteiger partial charge in [-0.25, -0.2) is 0 Å². The van der Waals surface area contributed by atoms with Crippen LogP contribution in [-0.4, -0.2) is 11.1 Å². The Labute approximate surface area is 101 Å². The highest BCUT2D eigenvalue weighted by Crippen LogP contribution is 2.34. The number of rotatable bonds is 4. The van der Waals surface area contributed by atoms with Gasteiger partial charge in [0.2, 0.25) is 0 Å². The summed E-state index contributed by atoms with van der Waals surface area (Å²) in [6, 6.07) is 7.54. The summed E-state index contributed by atoms with van der Waals surface area (Å²) in [5.74, 6) is -0.862. The number of aliphatic carboxylic acids is 1. The molecule has 3 nitrogen and oxygen atoms in total. The van der Waals surface area contributed by atoms with E-state index in [4.69, 9.17) is 10.8 Å². The van der Waals surface area contributed by atoms with Crippen LogP contribution in [0.3, 0.4) is 0 Å². The molecule has 1 unspecified atom stereocenters. The molecule has 3 N–H and O–H groups in total. The molecule has 1 atom stereocenters. The predicted molar refractivity (Wildman–Crippen MR) is 66.8 cm³/mol. The molecule has 0 aliphatic carbocycles. The highest BCUT2D eigenvalue weighted by Gasteiger charge is 2.13. The van der Waals surface area contributed by atoms with E-state index < -0.39 is 12.0 Å². The highest BCUT2D eigenvalue weighted by molar-refractivity contribution is 7.21. The van der Waals surface area contributed by atoms with Gasteiger partial charge in [0.25, 0.3) is 0 Å². The summed E-state index contributed by atoms with van der Waals surface area (Å²) in [5, 5.41) is 10.7. The largest absolute Gasteiger partial charge is 0.481 e. The maximum absolute atomic E-state index is 10.5. The van der Waals surface area contributed by atoms with Crippen molar-refractivity contribution in [1.29, 1.82) is 0 Å². The first-order valence-corrected chi connectivity index (χ1v) is 6.47. The Kier molecular flexibility index (Phi) is 3.38. The van der Waals surface area contributed by atoms with Crippen LogP contribution >= 0.6 is 22.7 Å². The van der Waals surface area contributed by atoms with E-state index in [1.165, 1.54) is 4.88 Å². The van der Waals surface area contributed by atoms with E-state index in [2.05, 4.69) is 0 Å². The van der Waals surface area contributed by atoms with Crippen LogP contribution < -0.4 is 5.73 Å². The van der Waals surface area contributed by atoms with E-state index in [9.17, 15) is 4.79 Å². The van der Waals surface area contributed by atoms with E-state index in [-0.39, 0.29) is 6.42 Å². The fraction of sp³-hybridized carbons (Fsp3) is 0.182. The minimum absolute atomic E-state index is 0.0234. The number of nitrogens with two attached hydrogens (primary N) is 1. The van der Waals surface area contributed by atoms with E-state index in [0.29, 0.717) is 0 Å². The molecule has 0 amide bonds. The standard InChI is InChI=1S/C11H11NO2S2/c12-7(6-11(13)14)8-3-4-10(16-8)9-2-1-5-15-9/h1-5,7H,6,12H2,(H,13,14). The molecule has 2 rings (SSSR count). The van der Waals surface area contributed by atoms with Crippen LogP contribution in [0.4, 0.5) is 0 Å². The second kappa shape index (κ2) is 4.78. The SMILES string of the molecule is NC(CC(=O)O)c1ccc(-c2cccs2)s1. The Hall–Kier alpha value is -1.17. The first-order chi connectivity index (χ1) is 7.66. The molecule has 16 heavy (non-hydrogen) atoms. The van der Waals surface area contributed by atoms with Crippen molar-refractivity contribution in [1.82, 2.24) is 0 Å². The van der Waals surface area contributed by atoms with Crippen LogP contribution in [0.2, 0.25) is 0 Å². The second-order valence-corrected chi connectivity index (χ2v) is 5.45. The van der Waals surface area contributed by atoms with Gasteiger partial charge in [0.05, 0.1) is 6.42 Å². The quantitative estimate of drug-likeness (QED) is 0.880. The molecular weight excluding hydrogens is 242 g/mol. The Morgan fingerprint density at radius 2 is 2.19 bits per heavy atom. The molecule has 84 valence electrons. The second-order valence-electron chi connectivity index (χ2n) is 3.38. The number of carboxylic acids is 1. The zero-order valence-corrected chi connectivity index (χ0v) is 10.1. The maximum atomic E-state index is 10.5. The molecule has 0 aliphatic heterocycles. The normalized spacial score (nSPS) is 12.6. The molecule has 0 aliphatic rings. The predicted octanol–water partition coefficient (Wildman–Crippen LogP) is 2.95. The third-order valence-electron chi connectivity index (χ3n) is 2.15. The summed E-state index contributed by atoms with van der Waals surface area (Å²) >= 11 is 3.23. The molecule has 2 aromatic rings. The zero-order chi connectivity index (χ0) is 11.5. The number of hydrogen-bond donors (Lipinski definition) is 2. The minimum atomic E-state index is -0.862. The lowest BCUT2D eigenvalue weighted by molar-refractivity contribution is -0.137. The molecule has 0 bridgehead atoms. The first kappa shape index (κ1) is 11.3. The molecule has 2 aromatic heterocycles. The Morgan fingerprint density at radius 3 is 2.81 bits per heavy atom. The van der Waals surface area contributed by atoms with Gasteiger partial charge in [0.1, 0.15) is 0 Å². The number of hydrogen-bond acceptors (Lipinski definition) is 4. The van der Waals surface area contributed by atoms with Crippen molar-refractivity contribution in [2.75, 3.05) is 0 Å². The Bertz CT molecular complexity index is 476. The average Bonchev–Trinajstić information content (AvgIpc) is 2.87. The molecule has 0 fully saturated rings. The van der Waals surface area contributed by atoms with Gasteiger partial charge in [0, 0.05) is 20.7 Å². The van der Waals surface area contributed by atoms with E-state index in [1.807, 2.05) is 29.6 Å². The molecule has 0 spiro atoms. The first-order valence-electron chi connectivity index (χ1n) is 4.78. The van der Waals surface area contributed by atoms with Crippen LogP contribution in [0, 0.1) is 0 Å². The summed E-state index contributed by atoms with van der Waals surface area (Å²) in [7, 11) is 0. The number of thiophene rings is 2. The number of carboxylic acid groups (broad SMARTS) is 1. The fourth-order valence-corrected chi connectivity index (χ4v) is 3.24. The molecule has 0 radical (unpaired) electrons. The van der Waals surface area contributed by atoms with Crippen LogP contribution in [-0.2, 0) is 4.79 Å². The van der Waals surface area contributed by atoms with Gasteiger partial charge in [-0.05, 0) is 23.6 Å². The van der Waals surface area contributed by atoms with Crippen molar-refractivity contribution in [3.05, 3.63) is 34.5 Å². The van der Waals surface area contributed by atoms with Crippen LogP contribution in [0.5, 0.6) is 0 Å². The van der Waals surface area contributed by atoms with Gasteiger partial charge in [-0.15, -0.1) is 22.7 Å². The lowest BCUT2D eigenvalue weighted by Crippen LogP contribution is -2.13. The van der Waals surface area contributed by atoms with Gasteiger partial charge < -0.3 is 10.8 Å². The summed E-state index contributed by atoms with van der Waals surface area (Å²) < 4.78 is 0. The molecular formula is C11H11NO2S2. The van der Waals surface area contributed by atoms with Crippen molar-refractivity contribution in [2.45, 2.75) is 12.5 Å². The van der Waals surface area contributed by atoms with Crippen molar-refractivity contribution in [2.24, 2.45) is 5.73 Å². The molecule has 0 saturated heterocycles. The Balaban J connectivity index is 2.16. The van der Waals surface area contributed by atoms with Gasteiger partial charge >= 0.3 is 5.97 Å². The van der Waals surface area contributed by atoms with Crippen molar-refractivity contribution >= 4 is 28.6 Å². The van der Waals surface area contributed by atoms with Crippen LogP contribution in [0.1, 0.15) is 17.3 Å². The summed E-state index contributed by atoms with van der Waals surface area (Å²) in [6.45, 7) is 0. The highest BCUT2D eigenvalue weighted by atomic mass is 32.1. The van der Waals surface area contributed by atoms with Gasteiger partial charge in [0.15, 0.2) is 0 Å². The Morgan fingerprint density at radius 1 is 1.38 bits per heavy atom. The van der Waals surface area contributed by atoms with Crippen LogP contribution in [0.15, 0.2) is 29.6 Å². The van der Waals surface area contributed by atoms with E-state index in [0.717, 1.165) is 9.75 Å². The zero-order valence-electron chi connectivity index (χ0n) is 8.42. The lowest BCUT2D eigenvalue weighted by Gasteiger charge is -2.04. The van der Waals surface area contributed by atoms with Gasteiger partial charge in [-0.2, -0.15) is 0 Å². The van der Waals surface area contributed by atoms with Crippen LogP contribution in [0.25, 0.3) is 9.75 Å². The monoisotopic (exact) mass is 253 g/mol. The third-order valence-corrected chi connectivity index (χ3v) is 4.43. The van der Waals surface area contributed by atoms with Crippen molar-refractivity contribution < 1.29 is 9.90 Å². The van der Waals surface area contributed by atoms with E-state index >= 15 is 0 Å². The summed E-state index contributed by atoms with van der Waals surface area (Å²) in [4.78, 5) is 13.8. The molecule has 0 aromatic carbocycles. The smallest absolute Gasteiger partial charge is 0.305 e. The lowest BCUT2D eigenvalue weighted by atomic mass is 10.2. The molecule has 2 heterocycles.